The molecular weight excluding hydrogens is 1010 g/mol. The molecule has 0 radical (unpaired) electrons. The lowest BCUT2D eigenvalue weighted by Gasteiger charge is -2.20. The van der Waals surface area contributed by atoms with Gasteiger partial charge in [0.1, 0.15) is 0 Å². The topological polar surface area (TPSA) is 95.9 Å². The van der Waals surface area contributed by atoms with E-state index in [4.69, 9.17) is 4.74 Å². The fourth-order valence-electron chi connectivity index (χ4n) is 12.0. The quantitative estimate of drug-likeness (QED) is 0.0320. The van der Waals surface area contributed by atoms with Gasteiger partial charge < -0.3 is 20.3 Å². The van der Waals surface area contributed by atoms with Crippen molar-refractivity contribution in [1.29, 1.82) is 0 Å². The molecule has 6 heteroatoms. The number of aliphatic hydroxyl groups excluding tert-OH is 2. The van der Waals surface area contributed by atoms with Gasteiger partial charge in [-0.3, -0.25) is 9.59 Å². The number of aliphatic hydroxyl groups is 2. The zero-order chi connectivity index (χ0) is 59.2. The second-order valence-electron chi connectivity index (χ2n) is 26.0. The van der Waals surface area contributed by atoms with Crippen LogP contribution in [-0.4, -0.2) is 47.4 Å². The van der Waals surface area contributed by atoms with Gasteiger partial charge >= 0.3 is 5.97 Å². The van der Waals surface area contributed by atoms with Crippen LogP contribution in [0.3, 0.4) is 0 Å². The number of esters is 1. The van der Waals surface area contributed by atoms with Crippen LogP contribution in [0, 0.1) is 0 Å². The maximum atomic E-state index is 12.5. The second kappa shape index (κ2) is 71.8. The van der Waals surface area contributed by atoms with Gasteiger partial charge in [0.25, 0.3) is 0 Å². The molecule has 1 amide bonds. The molecule has 0 aromatic carbocycles. The number of carbonyl (C=O) groups excluding carboxylic acids is 2. The Morgan fingerprint density at radius 2 is 0.573 bits per heavy atom. The van der Waals surface area contributed by atoms with Crippen molar-refractivity contribution >= 4 is 11.9 Å². The molecule has 2 unspecified atom stereocenters. The lowest BCUT2D eigenvalue weighted by atomic mass is 10.0. The Morgan fingerprint density at radius 1 is 0.329 bits per heavy atom. The highest BCUT2D eigenvalue weighted by Gasteiger charge is 2.18. The second-order valence-corrected chi connectivity index (χ2v) is 26.0. The fraction of sp³-hybridized carbons (Fsp3) is 0.921. The van der Waals surface area contributed by atoms with Gasteiger partial charge in [-0.1, -0.05) is 378 Å². The van der Waals surface area contributed by atoms with Crippen molar-refractivity contribution in [3.8, 4) is 0 Å². The molecule has 0 saturated heterocycles. The highest BCUT2D eigenvalue weighted by molar-refractivity contribution is 5.76. The SMILES string of the molecule is CCCCCCCCC/C=C\CCCCCCCC(=O)OCCCCCCCCCCCCCCCCCCCCCCCCCCCCCCCCCCC(=O)NC(CO)C(O)/C=C/CCCCCCCCCCCCCCCCC. The zero-order valence-corrected chi connectivity index (χ0v) is 55.8. The maximum Gasteiger partial charge on any atom is 0.305 e. The molecule has 0 fully saturated rings. The smallest absolute Gasteiger partial charge is 0.305 e. The van der Waals surface area contributed by atoms with Crippen LogP contribution in [0.5, 0.6) is 0 Å². The molecule has 0 spiro atoms. The first-order valence-electron chi connectivity index (χ1n) is 37.6. The number of rotatable bonds is 71. The van der Waals surface area contributed by atoms with Crippen LogP contribution in [-0.2, 0) is 14.3 Å². The monoisotopic (exact) mass is 1150 g/mol. The minimum Gasteiger partial charge on any atom is -0.466 e. The van der Waals surface area contributed by atoms with Crippen molar-refractivity contribution in [1.82, 2.24) is 5.32 Å². The number of amides is 1. The Morgan fingerprint density at radius 3 is 0.866 bits per heavy atom. The van der Waals surface area contributed by atoms with Crippen LogP contribution in [0.25, 0.3) is 0 Å². The molecular formula is C76H147NO5. The summed E-state index contributed by atoms with van der Waals surface area (Å²) in [5.41, 5.74) is 0. The summed E-state index contributed by atoms with van der Waals surface area (Å²) in [4.78, 5) is 24.6. The van der Waals surface area contributed by atoms with E-state index < -0.39 is 12.1 Å². The highest BCUT2D eigenvalue weighted by atomic mass is 16.5. The van der Waals surface area contributed by atoms with Gasteiger partial charge in [-0.15, -0.1) is 0 Å². The van der Waals surface area contributed by atoms with Crippen molar-refractivity contribution in [3.05, 3.63) is 24.3 Å². The normalized spacial score (nSPS) is 12.6. The van der Waals surface area contributed by atoms with Gasteiger partial charge in [-0.2, -0.15) is 0 Å². The molecule has 0 aliphatic heterocycles. The fourth-order valence-corrected chi connectivity index (χ4v) is 12.0. The Kier molecular flexibility index (Phi) is 70.4. The third-order valence-corrected chi connectivity index (χ3v) is 17.7. The van der Waals surface area contributed by atoms with Crippen LogP contribution in [0.1, 0.15) is 425 Å². The summed E-state index contributed by atoms with van der Waals surface area (Å²) >= 11 is 0. The third-order valence-electron chi connectivity index (χ3n) is 17.7. The first-order chi connectivity index (χ1) is 40.5. The number of unbranched alkanes of at least 4 members (excludes halogenated alkanes) is 58. The number of ether oxygens (including phenoxy) is 1. The van der Waals surface area contributed by atoms with E-state index in [1.54, 1.807) is 6.08 Å². The summed E-state index contributed by atoms with van der Waals surface area (Å²) < 4.78 is 5.50. The van der Waals surface area contributed by atoms with E-state index in [-0.39, 0.29) is 18.5 Å². The first kappa shape index (κ1) is 80.3. The van der Waals surface area contributed by atoms with Crippen molar-refractivity contribution < 1.29 is 24.5 Å². The van der Waals surface area contributed by atoms with E-state index in [0.29, 0.717) is 19.4 Å². The Hall–Kier alpha value is -1.66. The van der Waals surface area contributed by atoms with Gasteiger partial charge in [0, 0.05) is 12.8 Å². The lowest BCUT2D eigenvalue weighted by molar-refractivity contribution is -0.143. The van der Waals surface area contributed by atoms with Crippen LogP contribution in [0.2, 0.25) is 0 Å². The van der Waals surface area contributed by atoms with Crippen molar-refractivity contribution in [2.75, 3.05) is 13.2 Å². The molecule has 2 atom stereocenters. The van der Waals surface area contributed by atoms with Crippen LogP contribution in [0.15, 0.2) is 24.3 Å². The molecule has 0 bridgehead atoms. The number of nitrogens with one attached hydrogen (secondary N) is 1. The molecule has 82 heavy (non-hydrogen) atoms. The first-order valence-corrected chi connectivity index (χ1v) is 37.6. The highest BCUT2D eigenvalue weighted by Crippen LogP contribution is 2.19. The summed E-state index contributed by atoms with van der Waals surface area (Å²) in [6.45, 7) is 4.94. The van der Waals surface area contributed by atoms with Gasteiger partial charge in [0.2, 0.25) is 5.91 Å². The van der Waals surface area contributed by atoms with Gasteiger partial charge in [0.15, 0.2) is 0 Å². The van der Waals surface area contributed by atoms with Gasteiger partial charge in [0.05, 0.1) is 25.4 Å². The number of allylic oxidation sites excluding steroid dienone is 3. The van der Waals surface area contributed by atoms with E-state index in [1.807, 2.05) is 6.08 Å². The summed E-state index contributed by atoms with van der Waals surface area (Å²) in [5.74, 6) is -0.0456. The third kappa shape index (κ3) is 67.5. The van der Waals surface area contributed by atoms with Crippen LogP contribution < -0.4 is 5.32 Å². The molecule has 0 aliphatic carbocycles. The summed E-state index contributed by atoms with van der Waals surface area (Å²) in [7, 11) is 0. The van der Waals surface area contributed by atoms with Crippen LogP contribution in [0.4, 0.5) is 0 Å². The van der Waals surface area contributed by atoms with Gasteiger partial charge in [-0.05, 0) is 57.8 Å². The molecule has 486 valence electrons. The van der Waals surface area contributed by atoms with E-state index in [1.165, 1.54) is 353 Å². The summed E-state index contributed by atoms with van der Waals surface area (Å²) in [5, 5.41) is 23.2. The Balaban J connectivity index is 3.33. The number of carbonyl (C=O) groups is 2. The summed E-state index contributed by atoms with van der Waals surface area (Å²) in [6, 6.07) is -0.624. The zero-order valence-electron chi connectivity index (χ0n) is 55.8. The van der Waals surface area contributed by atoms with E-state index in [0.717, 1.165) is 44.9 Å². The molecule has 0 heterocycles. The molecule has 0 aromatic heterocycles. The minimum absolute atomic E-state index is 0.0143. The lowest BCUT2D eigenvalue weighted by Crippen LogP contribution is -2.45. The largest absolute Gasteiger partial charge is 0.466 e. The standard InChI is InChI=1S/C76H147NO5/c1-3-5-7-9-11-13-15-17-19-37-40-44-48-52-56-60-64-68-74(79)73(72-78)77-75(80)69-65-61-57-53-49-45-41-38-35-33-31-29-27-25-23-21-22-24-26-28-30-32-34-36-39-43-47-51-55-59-63-67-71-82-76(81)70-66-62-58-54-50-46-42-20-18-16-14-12-10-8-6-4-2/h20,42,64,68,73-74,78-79H,3-19,21-41,43-63,65-67,69-72H2,1-2H3,(H,77,80)/b42-20-,68-64+. The van der Waals surface area contributed by atoms with Crippen LogP contribution >= 0.6 is 0 Å². The minimum atomic E-state index is -0.841. The molecule has 0 aliphatic rings. The van der Waals surface area contributed by atoms with Crippen molar-refractivity contribution in [2.24, 2.45) is 0 Å². The van der Waals surface area contributed by atoms with E-state index in [9.17, 15) is 19.8 Å². The average Bonchev–Trinajstić information content (AvgIpc) is 3.48. The Bertz CT molecular complexity index is 1280. The molecule has 0 aromatic rings. The maximum absolute atomic E-state index is 12.5. The number of hydrogen-bond acceptors (Lipinski definition) is 5. The molecule has 0 rings (SSSR count). The van der Waals surface area contributed by atoms with E-state index in [2.05, 4.69) is 31.3 Å². The molecule has 3 N–H and O–H groups in total. The molecule has 6 nitrogen and oxygen atoms in total. The number of hydrogen-bond donors (Lipinski definition) is 3. The van der Waals surface area contributed by atoms with Crippen molar-refractivity contribution in [2.45, 2.75) is 437 Å². The van der Waals surface area contributed by atoms with Crippen molar-refractivity contribution in [3.63, 3.8) is 0 Å². The summed E-state index contributed by atoms with van der Waals surface area (Å²) in [6.07, 6.45) is 91.4. The van der Waals surface area contributed by atoms with E-state index >= 15 is 0 Å². The Labute approximate surface area is 513 Å². The predicted molar refractivity (Wildman–Crippen MR) is 361 cm³/mol. The van der Waals surface area contributed by atoms with Gasteiger partial charge in [-0.25, -0.2) is 0 Å². The molecule has 0 saturated carbocycles. The average molecular weight is 1160 g/mol. The predicted octanol–water partition coefficient (Wildman–Crippen LogP) is 24.5.